The van der Waals surface area contributed by atoms with Crippen LogP contribution >= 0.6 is 7.26 Å². The molecule has 0 spiro atoms. The van der Waals surface area contributed by atoms with E-state index in [-0.39, 0.29) is 0 Å². The third kappa shape index (κ3) is 33.3. The average Bonchev–Trinajstić information content (AvgIpc) is 3.03. The van der Waals surface area contributed by atoms with Gasteiger partial charge in [0.2, 0.25) is 0 Å². The maximum atomic E-state index is 10.6. The second-order valence-corrected chi connectivity index (χ2v) is 19.9. The van der Waals surface area contributed by atoms with Gasteiger partial charge in [0.1, 0.15) is 0 Å². The van der Waals surface area contributed by atoms with Crippen molar-refractivity contribution in [1.82, 2.24) is 0 Å². The van der Waals surface area contributed by atoms with Crippen LogP contribution in [0.2, 0.25) is 0 Å². The predicted octanol–water partition coefficient (Wildman–Crippen LogP) is 14.9. The van der Waals surface area contributed by atoms with Gasteiger partial charge in [-0.25, -0.2) is 0 Å². The van der Waals surface area contributed by atoms with Crippen LogP contribution in [-0.2, 0) is 4.79 Å². The SMILES string of the molecule is CCCCCCCC[PH](CCCCCCCC)(CCCCCCCC)CCCCCCCC/C=C\CCCCCCCC(=O)O. The first-order chi connectivity index (χ1) is 22.1. The minimum absolute atomic E-state index is 0.334. The summed E-state index contributed by atoms with van der Waals surface area (Å²) >= 11 is 0. The van der Waals surface area contributed by atoms with Crippen molar-refractivity contribution in [2.24, 2.45) is 0 Å². The Morgan fingerprint density at radius 2 is 0.667 bits per heavy atom. The van der Waals surface area contributed by atoms with Gasteiger partial charge in [0.25, 0.3) is 0 Å². The fraction of sp³-hybridized carbons (Fsp3) is 0.929. The average molecular weight is 653 g/mol. The molecule has 0 saturated heterocycles. The molecule has 2 nitrogen and oxygen atoms in total. The third-order valence-electron chi connectivity index (χ3n) is 10.4. The molecular weight excluding hydrogens is 567 g/mol. The number of hydrogen-bond acceptors (Lipinski definition) is 1. The van der Waals surface area contributed by atoms with Crippen molar-refractivity contribution in [3.63, 3.8) is 0 Å². The number of carboxylic acids is 1. The molecule has 0 atom stereocenters. The van der Waals surface area contributed by atoms with Crippen molar-refractivity contribution in [3.05, 3.63) is 12.2 Å². The summed E-state index contributed by atoms with van der Waals surface area (Å²) in [5.41, 5.74) is 0. The molecular formula is C42H85O2P. The van der Waals surface area contributed by atoms with E-state index < -0.39 is 13.2 Å². The number of allylic oxidation sites excluding steroid dienone is 2. The molecule has 0 aliphatic heterocycles. The van der Waals surface area contributed by atoms with Gasteiger partial charge < -0.3 is 5.11 Å². The van der Waals surface area contributed by atoms with Gasteiger partial charge in [-0.1, -0.05) is 19.3 Å². The molecule has 0 unspecified atom stereocenters. The summed E-state index contributed by atoms with van der Waals surface area (Å²) in [4.78, 5) is 10.6. The van der Waals surface area contributed by atoms with Crippen molar-refractivity contribution >= 4 is 13.2 Å². The smallest absolute Gasteiger partial charge is 0.481 e. The Balaban J connectivity index is 4.45. The quantitative estimate of drug-likeness (QED) is 0.0409. The Morgan fingerprint density at radius 1 is 0.400 bits per heavy atom. The van der Waals surface area contributed by atoms with Crippen LogP contribution in [0.1, 0.15) is 226 Å². The van der Waals surface area contributed by atoms with E-state index >= 15 is 0 Å². The Hall–Kier alpha value is -0.360. The number of carboxylic acid groups (broad SMARTS) is 1. The van der Waals surface area contributed by atoms with Crippen LogP contribution in [0.5, 0.6) is 0 Å². The Morgan fingerprint density at radius 3 is 0.978 bits per heavy atom. The van der Waals surface area contributed by atoms with Gasteiger partial charge >= 0.3 is 244 Å². The van der Waals surface area contributed by atoms with Crippen LogP contribution < -0.4 is 0 Å². The Labute approximate surface area is 285 Å². The van der Waals surface area contributed by atoms with Crippen molar-refractivity contribution in [2.75, 3.05) is 24.6 Å². The molecule has 45 heavy (non-hydrogen) atoms. The first kappa shape index (κ1) is 44.6. The number of aliphatic carboxylic acids is 1. The van der Waals surface area contributed by atoms with E-state index in [1.807, 2.05) is 0 Å². The molecule has 3 heteroatoms. The van der Waals surface area contributed by atoms with E-state index in [2.05, 4.69) is 32.9 Å². The van der Waals surface area contributed by atoms with Gasteiger partial charge in [-0.15, -0.1) is 0 Å². The van der Waals surface area contributed by atoms with Crippen LogP contribution in [0.15, 0.2) is 12.2 Å². The summed E-state index contributed by atoms with van der Waals surface area (Å²) in [5.74, 6) is -0.655. The van der Waals surface area contributed by atoms with Gasteiger partial charge in [0.15, 0.2) is 0 Å². The molecule has 0 bridgehead atoms. The second kappa shape index (κ2) is 36.5. The van der Waals surface area contributed by atoms with E-state index in [1.54, 1.807) is 43.9 Å². The molecule has 0 heterocycles. The number of rotatable bonds is 38. The summed E-state index contributed by atoms with van der Waals surface area (Å²) in [6, 6.07) is 0. The van der Waals surface area contributed by atoms with Crippen LogP contribution in [0.3, 0.4) is 0 Å². The van der Waals surface area contributed by atoms with Crippen LogP contribution in [0, 0.1) is 0 Å². The summed E-state index contributed by atoms with van der Waals surface area (Å²) in [6.45, 7) is 7.03. The maximum absolute atomic E-state index is 10.6. The molecule has 1 N–H and O–H groups in total. The molecule has 0 fully saturated rings. The van der Waals surface area contributed by atoms with Gasteiger partial charge in [-0.2, -0.15) is 0 Å². The summed E-state index contributed by atoms with van der Waals surface area (Å²) in [5, 5.41) is 8.71. The van der Waals surface area contributed by atoms with Gasteiger partial charge in [0.05, 0.1) is 0 Å². The van der Waals surface area contributed by atoms with Crippen molar-refractivity contribution in [3.8, 4) is 0 Å². The van der Waals surface area contributed by atoms with Gasteiger partial charge in [0, 0.05) is 6.42 Å². The summed E-state index contributed by atoms with van der Waals surface area (Å²) < 4.78 is 0. The molecule has 0 aromatic carbocycles. The van der Waals surface area contributed by atoms with E-state index in [0.717, 1.165) is 12.8 Å². The molecule has 0 aliphatic rings. The van der Waals surface area contributed by atoms with Crippen molar-refractivity contribution in [2.45, 2.75) is 226 Å². The fourth-order valence-corrected chi connectivity index (χ4v) is 12.9. The van der Waals surface area contributed by atoms with E-state index in [9.17, 15) is 4.79 Å². The standard InChI is InChI=1S/C42H85O2P/c1-4-7-10-13-28-33-38-45(39-34-29-14-11-8-5-2,40-35-30-15-12-9-6-3)41-36-31-26-24-22-20-18-16-17-19-21-23-25-27-32-37-42(43)44/h16-17,45H,4-15,18-41H2,1-3H3,(H,43,44)/b17-16-. The van der Waals surface area contributed by atoms with Crippen LogP contribution in [0.4, 0.5) is 0 Å². The predicted molar refractivity (Wildman–Crippen MR) is 209 cm³/mol. The molecule has 0 radical (unpaired) electrons. The number of unbranched alkanes of at least 4 members (excludes halogenated alkanes) is 26. The van der Waals surface area contributed by atoms with Gasteiger partial charge in [-0.05, 0) is 6.42 Å². The zero-order chi connectivity index (χ0) is 32.9. The number of carbonyl (C=O) groups is 1. The summed E-state index contributed by atoms with van der Waals surface area (Å²) in [7, 11) is -1.15. The monoisotopic (exact) mass is 653 g/mol. The van der Waals surface area contributed by atoms with Gasteiger partial charge in [-0.3, -0.25) is 4.79 Å². The molecule has 0 amide bonds. The molecule has 0 aliphatic carbocycles. The Kier molecular flexibility index (Phi) is 36.2. The van der Waals surface area contributed by atoms with Crippen LogP contribution in [0.25, 0.3) is 0 Å². The molecule has 0 rings (SSSR count). The molecule has 270 valence electrons. The minimum atomic E-state index is -1.15. The first-order valence-corrected chi connectivity index (χ1v) is 23.8. The molecule has 0 saturated carbocycles. The zero-order valence-electron chi connectivity index (χ0n) is 31.5. The molecule has 0 aromatic rings. The molecule has 0 aromatic heterocycles. The topological polar surface area (TPSA) is 37.3 Å². The summed E-state index contributed by atoms with van der Waals surface area (Å²) in [6.07, 6.45) is 54.9. The third-order valence-corrected chi connectivity index (χ3v) is 16.1. The fourth-order valence-electron chi connectivity index (χ4n) is 7.36. The normalized spacial score (nSPS) is 12.4. The number of hydrogen-bond donors (Lipinski definition) is 1. The second-order valence-electron chi connectivity index (χ2n) is 14.9. The van der Waals surface area contributed by atoms with E-state index in [0.29, 0.717) is 6.42 Å². The Bertz CT molecular complexity index is 575. The minimum Gasteiger partial charge on any atom is -0.481 e. The van der Waals surface area contributed by atoms with Crippen molar-refractivity contribution in [1.29, 1.82) is 0 Å². The van der Waals surface area contributed by atoms with Crippen molar-refractivity contribution < 1.29 is 9.90 Å². The van der Waals surface area contributed by atoms with Crippen LogP contribution in [-0.4, -0.2) is 35.7 Å². The van der Waals surface area contributed by atoms with E-state index in [1.165, 1.54) is 167 Å². The zero-order valence-corrected chi connectivity index (χ0v) is 32.5. The first-order valence-electron chi connectivity index (χ1n) is 21.0. The van der Waals surface area contributed by atoms with E-state index in [4.69, 9.17) is 5.11 Å².